The Morgan fingerprint density at radius 1 is 0.897 bits per heavy atom. The summed E-state index contributed by atoms with van der Waals surface area (Å²) in [5.74, 6) is 0.626. The van der Waals surface area contributed by atoms with Crippen LogP contribution in [0, 0.1) is 5.82 Å². The van der Waals surface area contributed by atoms with Gasteiger partial charge in [0.15, 0.2) is 23.1 Å². The number of aromatic nitrogens is 2. The minimum atomic E-state index is -0.905. The summed E-state index contributed by atoms with van der Waals surface area (Å²) in [6.45, 7) is 4.99. The molecule has 0 fully saturated rings. The minimum Gasteiger partial charge on any atom is -0.490 e. The molecular weight excluding hydrogens is 374 g/mol. The van der Waals surface area contributed by atoms with Crippen molar-refractivity contribution in [3.05, 3.63) is 36.4 Å². The van der Waals surface area contributed by atoms with E-state index in [1.165, 1.54) is 25.0 Å². The molecule has 29 heavy (non-hydrogen) atoms. The molecule has 0 radical (unpaired) electrons. The van der Waals surface area contributed by atoms with Crippen LogP contribution in [0.2, 0.25) is 0 Å². The van der Waals surface area contributed by atoms with Gasteiger partial charge in [-0.2, -0.15) is 0 Å². The third-order valence-electron chi connectivity index (χ3n) is 4.64. The van der Waals surface area contributed by atoms with Gasteiger partial charge in [-0.1, -0.05) is 46.0 Å². The summed E-state index contributed by atoms with van der Waals surface area (Å²) in [5, 5.41) is 0. The van der Waals surface area contributed by atoms with Gasteiger partial charge in [0.1, 0.15) is 6.17 Å². The van der Waals surface area contributed by atoms with Gasteiger partial charge in [0.2, 0.25) is 0 Å². The first-order chi connectivity index (χ1) is 14.1. The van der Waals surface area contributed by atoms with Gasteiger partial charge in [-0.05, 0) is 31.0 Å². The van der Waals surface area contributed by atoms with Gasteiger partial charge >= 0.3 is 0 Å². The summed E-state index contributed by atoms with van der Waals surface area (Å²) >= 11 is 0. The molecule has 1 heterocycles. The highest BCUT2D eigenvalue weighted by atomic mass is 19.1. The van der Waals surface area contributed by atoms with Crippen molar-refractivity contribution < 1.29 is 18.3 Å². The molecule has 1 atom stereocenters. The molecule has 0 aliphatic carbocycles. The smallest absolute Gasteiger partial charge is 0.165 e. The lowest BCUT2D eigenvalue weighted by Crippen LogP contribution is -2.08. The largest absolute Gasteiger partial charge is 0.490 e. The van der Waals surface area contributed by atoms with E-state index in [4.69, 9.17) is 9.47 Å². The van der Waals surface area contributed by atoms with Crippen LogP contribution in [0.15, 0.2) is 30.6 Å². The molecule has 2 aromatic rings. The lowest BCUT2D eigenvalue weighted by molar-refractivity contribution is 0.218. The van der Waals surface area contributed by atoms with Crippen LogP contribution in [0.5, 0.6) is 11.5 Å². The maximum absolute atomic E-state index is 14.3. The normalized spacial score (nSPS) is 12.0. The molecule has 0 aliphatic heterocycles. The number of unbranched alkanes of at least 4 members (excludes halogenated alkanes) is 4. The highest BCUT2D eigenvalue weighted by molar-refractivity contribution is 5.56. The molecule has 4 nitrogen and oxygen atoms in total. The molecule has 1 aromatic heterocycles. The van der Waals surface area contributed by atoms with Gasteiger partial charge in [0, 0.05) is 12.0 Å². The maximum atomic E-state index is 14.3. The third kappa shape index (κ3) is 8.34. The van der Waals surface area contributed by atoms with Crippen molar-refractivity contribution in [3.8, 4) is 22.9 Å². The van der Waals surface area contributed by atoms with E-state index in [0.717, 1.165) is 25.7 Å². The third-order valence-corrected chi connectivity index (χ3v) is 4.64. The zero-order chi connectivity index (χ0) is 20.9. The van der Waals surface area contributed by atoms with Crippen LogP contribution in [0.3, 0.4) is 0 Å². The fourth-order valence-electron chi connectivity index (χ4n) is 2.88. The second kappa shape index (κ2) is 13.1. The van der Waals surface area contributed by atoms with Gasteiger partial charge < -0.3 is 9.47 Å². The fraction of sp³-hybridized carbons (Fsp3) is 0.565. The van der Waals surface area contributed by atoms with E-state index in [1.54, 1.807) is 18.5 Å². The molecule has 0 aliphatic rings. The van der Waals surface area contributed by atoms with Crippen molar-refractivity contribution in [3.63, 3.8) is 0 Å². The Morgan fingerprint density at radius 3 is 2.34 bits per heavy atom. The van der Waals surface area contributed by atoms with Crippen LogP contribution in [-0.4, -0.2) is 29.4 Å². The first-order valence-electron chi connectivity index (χ1n) is 10.7. The average molecular weight is 407 g/mol. The Bertz CT molecular complexity index is 711. The minimum absolute atomic E-state index is 0.114. The van der Waals surface area contributed by atoms with E-state index in [2.05, 4.69) is 16.9 Å². The van der Waals surface area contributed by atoms with E-state index >= 15 is 0 Å². The van der Waals surface area contributed by atoms with E-state index in [1.807, 2.05) is 6.92 Å². The van der Waals surface area contributed by atoms with Gasteiger partial charge in [0.25, 0.3) is 0 Å². The van der Waals surface area contributed by atoms with Crippen LogP contribution in [-0.2, 0) is 0 Å². The summed E-state index contributed by atoms with van der Waals surface area (Å²) in [7, 11) is 0. The maximum Gasteiger partial charge on any atom is 0.165 e. The molecule has 0 amide bonds. The van der Waals surface area contributed by atoms with Crippen LogP contribution >= 0.6 is 0 Å². The molecule has 0 bridgehead atoms. The monoisotopic (exact) mass is 406 g/mol. The predicted octanol–water partition coefficient (Wildman–Crippen LogP) is 6.54. The van der Waals surface area contributed by atoms with Crippen LogP contribution < -0.4 is 9.47 Å². The Labute approximate surface area is 172 Å². The highest BCUT2D eigenvalue weighted by Crippen LogP contribution is 2.24. The van der Waals surface area contributed by atoms with Crippen LogP contribution in [0.1, 0.15) is 65.2 Å². The first-order valence-corrected chi connectivity index (χ1v) is 10.7. The summed E-state index contributed by atoms with van der Waals surface area (Å²) in [6, 6.07) is 4.56. The number of hydrogen-bond acceptors (Lipinski definition) is 4. The van der Waals surface area contributed by atoms with E-state index in [9.17, 15) is 8.78 Å². The highest BCUT2D eigenvalue weighted by Gasteiger charge is 2.11. The molecule has 160 valence electrons. The van der Waals surface area contributed by atoms with Gasteiger partial charge in [-0.25, -0.2) is 18.7 Å². The quantitative estimate of drug-likeness (QED) is 0.334. The Hall–Kier alpha value is -2.24. The van der Waals surface area contributed by atoms with Crippen molar-refractivity contribution in [1.29, 1.82) is 0 Å². The van der Waals surface area contributed by atoms with E-state index in [0.29, 0.717) is 30.2 Å². The average Bonchev–Trinajstić information content (AvgIpc) is 2.73. The van der Waals surface area contributed by atoms with E-state index < -0.39 is 12.0 Å². The zero-order valence-corrected chi connectivity index (χ0v) is 17.5. The van der Waals surface area contributed by atoms with E-state index in [-0.39, 0.29) is 18.8 Å². The SMILES string of the molecule is CCCCCCOc1cnc(-c2ccc(OCC[C@H](F)CCCC)c(F)c2)nc1. The lowest BCUT2D eigenvalue weighted by Gasteiger charge is -2.11. The standard InChI is InChI=1S/C23H32F2N2O2/c1-3-5-7-8-13-28-20-16-26-23(27-17-20)18-10-11-22(21(25)15-18)29-14-12-19(24)9-6-4-2/h10-11,15-17,19H,3-9,12-14H2,1-2H3/t19-/m1/s1. The number of nitrogens with zero attached hydrogens (tertiary/aromatic N) is 2. The molecule has 0 unspecified atom stereocenters. The molecular formula is C23H32F2N2O2. The van der Waals surface area contributed by atoms with Crippen LogP contribution in [0.4, 0.5) is 8.78 Å². The lowest BCUT2D eigenvalue weighted by atomic mass is 10.1. The number of hydrogen-bond donors (Lipinski definition) is 0. The predicted molar refractivity (Wildman–Crippen MR) is 112 cm³/mol. The summed E-state index contributed by atoms with van der Waals surface area (Å²) in [6.07, 6.45) is 9.45. The second-order valence-electron chi connectivity index (χ2n) is 7.17. The number of halogens is 2. The van der Waals surface area contributed by atoms with Gasteiger partial charge in [-0.15, -0.1) is 0 Å². The fourth-order valence-corrected chi connectivity index (χ4v) is 2.88. The molecule has 0 spiro atoms. The van der Waals surface area contributed by atoms with Crippen LogP contribution in [0.25, 0.3) is 11.4 Å². The number of ether oxygens (including phenoxy) is 2. The first kappa shape index (κ1) is 23.0. The van der Waals surface area contributed by atoms with Crippen molar-refractivity contribution in [2.24, 2.45) is 0 Å². The van der Waals surface area contributed by atoms with Crippen molar-refractivity contribution >= 4 is 0 Å². The van der Waals surface area contributed by atoms with Crippen molar-refractivity contribution in [2.45, 2.75) is 71.4 Å². The number of benzene rings is 1. The Morgan fingerprint density at radius 2 is 1.66 bits per heavy atom. The molecule has 1 aromatic carbocycles. The zero-order valence-electron chi connectivity index (χ0n) is 17.5. The molecule has 0 saturated heterocycles. The Kier molecular flexibility index (Phi) is 10.4. The van der Waals surface area contributed by atoms with Gasteiger partial charge in [-0.3, -0.25) is 0 Å². The van der Waals surface area contributed by atoms with Crippen molar-refractivity contribution in [2.75, 3.05) is 13.2 Å². The molecule has 6 heteroatoms. The Balaban J connectivity index is 1.84. The summed E-state index contributed by atoms with van der Waals surface area (Å²) < 4.78 is 39.0. The molecule has 0 N–H and O–H groups in total. The topological polar surface area (TPSA) is 44.2 Å². The molecule has 0 saturated carbocycles. The molecule has 2 rings (SSSR count). The van der Waals surface area contributed by atoms with Crippen molar-refractivity contribution in [1.82, 2.24) is 9.97 Å². The summed E-state index contributed by atoms with van der Waals surface area (Å²) in [5.41, 5.74) is 0.552. The van der Waals surface area contributed by atoms with Gasteiger partial charge in [0.05, 0.1) is 25.6 Å². The second-order valence-corrected chi connectivity index (χ2v) is 7.17. The number of alkyl halides is 1. The number of rotatable bonds is 14. The summed E-state index contributed by atoms with van der Waals surface area (Å²) in [4.78, 5) is 8.51.